The Morgan fingerprint density at radius 2 is 1.90 bits per heavy atom. The number of rotatable bonds is 5. The zero-order valence-corrected chi connectivity index (χ0v) is 13.8. The highest BCUT2D eigenvalue weighted by Gasteiger charge is 2.38. The smallest absolute Gasteiger partial charge is 0.0481 e. The molecule has 0 bridgehead atoms. The van der Waals surface area contributed by atoms with Crippen LogP contribution in [0.3, 0.4) is 0 Å². The number of nitrogens with one attached hydrogen (secondary N) is 1. The Balaban J connectivity index is 1.85. The SMILES string of the molecule is CNC1c2ccccc2CC1N(CC(C)C)C1CCCC1. The predicted octanol–water partition coefficient (Wildman–Crippen LogP) is 3.77. The van der Waals surface area contributed by atoms with E-state index < -0.39 is 0 Å². The van der Waals surface area contributed by atoms with Crippen LogP contribution < -0.4 is 5.32 Å². The van der Waals surface area contributed by atoms with E-state index in [4.69, 9.17) is 0 Å². The molecule has 1 fully saturated rings. The quantitative estimate of drug-likeness (QED) is 0.886. The number of nitrogens with zero attached hydrogens (tertiary/aromatic N) is 1. The van der Waals surface area contributed by atoms with E-state index in [1.807, 2.05) is 0 Å². The topological polar surface area (TPSA) is 15.3 Å². The Hall–Kier alpha value is -0.860. The van der Waals surface area contributed by atoms with Gasteiger partial charge in [0.2, 0.25) is 0 Å². The van der Waals surface area contributed by atoms with Gasteiger partial charge >= 0.3 is 0 Å². The Kier molecular flexibility index (Phi) is 4.66. The molecule has 0 heterocycles. The van der Waals surface area contributed by atoms with Crippen LogP contribution in [0, 0.1) is 5.92 Å². The molecule has 0 amide bonds. The molecule has 2 atom stereocenters. The highest BCUT2D eigenvalue weighted by Crippen LogP contribution is 2.38. The second-order valence-corrected chi connectivity index (χ2v) is 7.27. The van der Waals surface area contributed by atoms with Crippen LogP contribution in [0.1, 0.15) is 56.7 Å². The summed E-state index contributed by atoms with van der Waals surface area (Å²) in [6.45, 7) is 5.96. The number of hydrogen-bond donors (Lipinski definition) is 1. The van der Waals surface area contributed by atoms with E-state index in [-0.39, 0.29) is 0 Å². The largest absolute Gasteiger partial charge is 0.312 e. The first-order chi connectivity index (χ1) is 10.2. The summed E-state index contributed by atoms with van der Waals surface area (Å²) in [4.78, 5) is 2.85. The Bertz CT molecular complexity index is 462. The highest BCUT2D eigenvalue weighted by atomic mass is 15.2. The number of hydrogen-bond acceptors (Lipinski definition) is 2. The highest BCUT2D eigenvalue weighted by molar-refractivity contribution is 5.37. The fourth-order valence-corrected chi connectivity index (χ4v) is 4.44. The molecule has 116 valence electrons. The summed E-state index contributed by atoms with van der Waals surface area (Å²) < 4.78 is 0. The maximum absolute atomic E-state index is 3.61. The monoisotopic (exact) mass is 286 g/mol. The summed E-state index contributed by atoms with van der Waals surface area (Å²) >= 11 is 0. The summed E-state index contributed by atoms with van der Waals surface area (Å²) in [5.74, 6) is 0.742. The molecule has 2 aliphatic carbocycles. The molecule has 1 aromatic carbocycles. The Morgan fingerprint density at radius 1 is 1.19 bits per heavy atom. The molecule has 21 heavy (non-hydrogen) atoms. The molecule has 0 spiro atoms. The molecule has 0 aromatic heterocycles. The van der Waals surface area contributed by atoms with Gasteiger partial charge in [0.1, 0.15) is 0 Å². The van der Waals surface area contributed by atoms with E-state index in [1.54, 1.807) is 5.56 Å². The lowest BCUT2D eigenvalue weighted by molar-refractivity contribution is 0.100. The van der Waals surface area contributed by atoms with Crippen molar-refractivity contribution >= 4 is 0 Å². The minimum absolute atomic E-state index is 0.501. The van der Waals surface area contributed by atoms with Gasteiger partial charge in [0.05, 0.1) is 0 Å². The van der Waals surface area contributed by atoms with Gasteiger partial charge in [-0.1, -0.05) is 51.0 Å². The van der Waals surface area contributed by atoms with Gasteiger partial charge in [-0.3, -0.25) is 4.90 Å². The summed E-state index contributed by atoms with van der Waals surface area (Å²) in [5.41, 5.74) is 3.07. The van der Waals surface area contributed by atoms with Crippen LogP contribution in [-0.2, 0) is 6.42 Å². The average molecular weight is 286 g/mol. The zero-order valence-electron chi connectivity index (χ0n) is 13.8. The first-order valence-corrected chi connectivity index (χ1v) is 8.71. The molecular formula is C19H30N2. The molecule has 2 aliphatic rings. The van der Waals surface area contributed by atoms with E-state index in [1.165, 1.54) is 44.2 Å². The van der Waals surface area contributed by atoms with Crippen LogP contribution in [-0.4, -0.2) is 30.6 Å². The fourth-order valence-electron chi connectivity index (χ4n) is 4.44. The standard InChI is InChI=1S/C19H30N2/c1-14(2)13-21(16-9-5-6-10-16)18-12-15-8-4-7-11-17(15)19(18)20-3/h4,7-8,11,14,16,18-20H,5-6,9-10,12-13H2,1-3H3. The molecular weight excluding hydrogens is 256 g/mol. The van der Waals surface area contributed by atoms with Crippen molar-refractivity contribution in [1.29, 1.82) is 0 Å². The van der Waals surface area contributed by atoms with Gasteiger partial charge in [0.25, 0.3) is 0 Å². The zero-order chi connectivity index (χ0) is 14.8. The molecule has 3 rings (SSSR count). The predicted molar refractivity (Wildman–Crippen MR) is 89.5 cm³/mol. The maximum atomic E-state index is 3.61. The Morgan fingerprint density at radius 3 is 2.57 bits per heavy atom. The van der Waals surface area contributed by atoms with Gasteiger partial charge in [-0.25, -0.2) is 0 Å². The number of benzene rings is 1. The molecule has 0 saturated heterocycles. The second kappa shape index (κ2) is 6.50. The molecule has 2 nitrogen and oxygen atoms in total. The van der Waals surface area contributed by atoms with Crippen LogP contribution >= 0.6 is 0 Å². The third-order valence-electron chi connectivity index (χ3n) is 5.31. The van der Waals surface area contributed by atoms with Gasteiger partial charge in [-0.2, -0.15) is 0 Å². The third-order valence-corrected chi connectivity index (χ3v) is 5.31. The summed E-state index contributed by atoms with van der Waals surface area (Å²) in [6, 6.07) is 11.0. The van der Waals surface area contributed by atoms with Crippen molar-refractivity contribution in [3.05, 3.63) is 35.4 Å². The van der Waals surface area contributed by atoms with Crippen LogP contribution in [0.25, 0.3) is 0 Å². The average Bonchev–Trinajstić information content (AvgIpc) is 3.11. The van der Waals surface area contributed by atoms with Crippen molar-refractivity contribution in [3.8, 4) is 0 Å². The van der Waals surface area contributed by atoms with Gasteiger partial charge in [0.15, 0.2) is 0 Å². The molecule has 2 unspecified atom stereocenters. The Labute approximate surface area is 129 Å². The lowest BCUT2D eigenvalue weighted by Gasteiger charge is -2.39. The van der Waals surface area contributed by atoms with Crippen molar-refractivity contribution in [2.45, 2.75) is 64.1 Å². The molecule has 0 radical (unpaired) electrons. The van der Waals surface area contributed by atoms with Crippen LogP contribution in [0.4, 0.5) is 0 Å². The first kappa shape index (κ1) is 15.1. The maximum Gasteiger partial charge on any atom is 0.0481 e. The molecule has 1 aromatic rings. The lowest BCUT2D eigenvalue weighted by atomic mass is 10.0. The van der Waals surface area contributed by atoms with Crippen LogP contribution in [0.2, 0.25) is 0 Å². The van der Waals surface area contributed by atoms with E-state index in [2.05, 4.69) is 55.4 Å². The van der Waals surface area contributed by atoms with Crippen molar-refractivity contribution in [2.24, 2.45) is 5.92 Å². The van der Waals surface area contributed by atoms with Crippen molar-refractivity contribution in [1.82, 2.24) is 10.2 Å². The molecule has 0 aliphatic heterocycles. The first-order valence-electron chi connectivity index (χ1n) is 8.71. The van der Waals surface area contributed by atoms with Crippen LogP contribution in [0.5, 0.6) is 0 Å². The third kappa shape index (κ3) is 3.02. The van der Waals surface area contributed by atoms with Crippen molar-refractivity contribution < 1.29 is 0 Å². The summed E-state index contributed by atoms with van der Waals surface area (Å²) in [6.07, 6.45) is 6.85. The second-order valence-electron chi connectivity index (χ2n) is 7.27. The summed E-state index contributed by atoms with van der Waals surface area (Å²) in [5, 5.41) is 3.61. The van der Waals surface area contributed by atoms with E-state index >= 15 is 0 Å². The molecule has 2 heteroatoms. The van der Waals surface area contributed by atoms with Crippen molar-refractivity contribution in [2.75, 3.05) is 13.6 Å². The minimum atomic E-state index is 0.501. The van der Waals surface area contributed by atoms with Gasteiger partial charge in [0, 0.05) is 24.7 Å². The van der Waals surface area contributed by atoms with E-state index in [9.17, 15) is 0 Å². The van der Waals surface area contributed by atoms with Gasteiger partial charge in [-0.05, 0) is 43.4 Å². The van der Waals surface area contributed by atoms with Crippen molar-refractivity contribution in [3.63, 3.8) is 0 Å². The lowest BCUT2D eigenvalue weighted by Crippen LogP contribution is -2.48. The molecule has 1 N–H and O–H groups in total. The van der Waals surface area contributed by atoms with E-state index in [0.717, 1.165) is 12.0 Å². The fraction of sp³-hybridized carbons (Fsp3) is 0.684. The van der Waals surface area contributed by atoms with Crippen LogP contribution in [0.15, 0.2) is 24.3 Å². The van der Waals surface area contributed by atoms with E-state index in [0.29, 0.717) is 12.1 Å². The number of likely N-dealkylation sites (N-methyl/N-ethyl adjacent to an activating group) is 1. The van der Waals surface area contributed by atoms with Gasteiger partial charge in [-0.15, -0.1) is 0 Å². The summed E-state index contributed by atoms with van der Waals surface area (Å²) in [7, 11) is 2.13. The van der Waals surface area contributed by atoms with Gasteiger partial charge < -0.3 is 5.32 Å². The minimum Gasteiger partial charge on any atom is -0.312 e. The molecule has 1 saturated carbocycles. The normalized spacial score (nSPS) is 26.0. The number of fused-ring (bicyclic) bond motifs is 1.